The second-order valence-electron chi connectivity index (χ2n) is 5.35. The molecule has 1 aromatic heterocycles. The molecular weight excluding hydrogens is 240 g/mol. The lowest BCUT2D eigenvalue weighted by molar-refractivity contribution is -0.00902. The van der Waals surface area contributed by atoms with E-state index in [0.717, 1.165) is 31.2 Å². The first-order valence-corrected chi connectivity index (χ1v) is 7.22. The molecule has 1 saturated heterocycles. The first kappa shape index (κ1) is 12.8. The van der Waals surface area contributed by atoms with E-state index < -0.39 is 0 Å². The summed E-state index contributed by atoms with van der Waals surface area (Å²) in [5, 5.41) is 3.12. The molecule has 0 aromatic carbocycles. The number of rotatable bonds is 3. The maximum absolute atomic E-state index is 5.91. The van der Waals surface area contributed by atoms with Crippen molar-refractivity contribution in [2.75, 3.05) is 25.1 Å². The van der Waals surface area contributed by atoms with Crippen LogP contribution in [0.2, 0.25) is 0 Å². The molecule has 0 spiro atoms. The topological polar surface area (TPSA) is 50.3 Å². The van der Waals surface area contributed by atoms with Crippen LogP contribution in [0.1, 0.15) is 31.4 Å². The fourth-order valence-corrected chi connectivity index (χ4v) is 3.18. The summed E-state index contributed by atoms with van der Waals surface area (Å²) >= 11 is 0. The SMILES string of the molecule is CNCc1cncc(N2CCOC3CCCCC32)n1. The van der Waals surface area contributed by atoms with Crippen LogP contribution < -0.4 is 10.2 Å². The summed E-state index contributed by atoms with van der Waals surface area (Å²) in [5.41, 5.74) is 0.999. The third-order valence-electron chi connectivity index (χ3n) is 4.06. The Kier molecular flexibility index (Phi) is 3.94. The Labute approximate surface area is 114 Å². The molecule has 3 rings (SSSR count). The molecule has 2 aliphatic rings. The van der Waals surface area contributed by atoms with E-state index in [-0.39, 0.29) is 0 Å². The van der Waals surface area contributed by atoms with Crippen molar-refractivity contribution in [2.45, 2.75) is 44.4 Å². The number of morpholine rings is 1. The number of nitrogens with one attached hydrogen (secondary N) is 1. The van der Waals surface area contributed by atoms with Crippen molar-refractivity contribution < 1.29 is 4.74 Å². The van der Waals surface area contributed by atoms with Gasteiger partial charge in [0.15, 0.2) is 0 Å². The van der Waals surface area contributed by atoms with Crippen molar-refractivity contribution in [3.63, 3.8) is 0 Å². The van der Waals surface area contributed by atoms with Gasteiger partial charge in [0.25, 0.3) is 0 Å². The lowest BCUT2D eigenvalue weighted by atomic mass is 9.90. The van der Waals surface area contributed by atoms with Gasteiger partial charge in [-0.15, -0.1) is 0 Å². The zero-order valence-corrected chi connectivity index (χ0v) is 11.5. The highest BCUT2D eigenvalue weighted by molar-refractivity contribution is 5.39. The van der Waals surface area contributed by atoms with E-state index in [1.807, 2.05) is 19.4 Å². The highest BCUT2D eigenvalue weighted by Gasteiger charge is 2.34. The molecular formula is C14H22N4O. The second-order valence-corrected chi connectivity index (χ2v) is 5.35. The van der Waals surface area contributed by atoms with Crippen molar-refractivity contribution in [3.8, 4) is 0 Å². The standard InChI is InChI=1S/C14H22N4O/c1-15-8-11-9-16-10-14(17-11)18-6-7-19-13-5-3-2-4-12(13)18/h9-10,12-13,15H,2-8H2,1H3. The third-order valence-corrected chi connectivity index (χ3v) is 4.06. The maximum Gasteiger partial charge on any atom is 0.147 e. The number of nitrogens with zero attached hydrogens (tertiary/aromatic N) is 3. The van der Waals surface area contributed by atoms with E-state index >= 15 is 0 Å². The molecule has 1 aromatic rings. The first-order chi connectivity index (χ1) is 9.38. The molecule has 1 saturated carbocycles. The van der Waals surface area contributed by atoms with Crippen LogP contribution in [0, 0.1) is 0 Å². The highest BCUT2D eigenvalue weighted by atomic mass is 16.5. The molecule has 19 heavy (non-hydrogen) atoms. The molecule has 2 unspecified atom stereocenters. The van der Waals surface area contributed by atoms with E-state index in [4.69, 9.17) is 9.72 Å². The van der Waals surface area contributed by atoms with E-state index in [2.05, 4.69) is 15.2 Å². The van der Waals surface area contributed by atoms with Crippen LogP contribution in [-0.2, 0) is 11.3 Å². The summed E-state index contributed by atoms with van der Waals surface area (Å²) in [4.78, 5) is 11.5. The van der Waals surface area contributed by atoms with E-state index in [0.29, 0.717) is 12.1 Å². The summed E-state index contributed by atoms with van der Waals surface area (Å²) in [5.74, 6) is 1.01. The minimum Gasteiger partial charge on any atom is -0.374 e. The summed E-state index contributed by atoms with van der Waals surface area (Å²) in [6.45, 7) is 2.50. The quantitative estimate of drug-likeness (QED) is 0.891. The van der Waals surface area contributed by atoms with Crippen LogP contribution in [0.25, 0.3) is 0 Å². The number of anilines is 1. The summed E-state index contributed by atoms with van der Waals surface area (Å²) in [6.07, 6.45) is 9.09. The van der Waals surface area contributed by atoms with Gasteiger partial charge in [0.2, 0.25) is 0 Å². The predicted octanol–water partition coefficient (Wildman–Crippen LogP) is 1.34. The minimum absolute atomic E-state index is 0.386. The first-order valence-electron chi connectivity index (χ1n) is 7.22. The van der Waals surface area contributed by atoms with Crippen LogP contribution >= 0.6 is 0 Å². The Hall–Kier alpha value is -1.20. The van der Waals surface area contributed by atoms with Crippen LogP contribution in [0.4, 0.5) is 5.82 Å². The lowest BCUT2D eigenvalue weighted by Crippen LogP contribution is -2.53. The van der Waals surface area contributed by atoms with Crippen LogP contribution in [0.3, 0.4) is 0 Å². The average Bonchev–Trinajstić information content (AvgIpc) is 2.47. The Morgan fingerprint density at radius 2 is 2.26 bits per heavy atom. The molecule has 2 atom stereocenters. The molecule has 0 amide bonds. The monoisotopic (exact) mass is 262 g/mol. The zero-order chi connectivity index (χ0) is 13.1. The minimum atomic E-state index is 0.386. The van der Waals surface area contributed by atoms with Gasteiger partial charge in [-0.25, -0.2) is 4.98 Å². The van der Waals surface area contributed by atoms with Crippen molar-refractivity contribution in [3.05, 3.63) is 18.1 Å². The molecule has 2 fully saturated rings. The third kappa shape index (κ3) is 2.72. The molecule has 104 valence electrons. The number of ether oxygens (including phenoxy) is 1. The van der Waals surface area contributed by atoms with Gasteiger partial charge < -0.3 is 15.0 Å². The fraction of sp³-hybridized carbons (Fsp3) is 0.714. The highest BCUT2D eigenvalue weighted by Crippen LogP contribution is 2.30. The van der Waals surface area contributed by atoms with Gasteiger partial charge in [-0.1, -0.05) is 12.8 Å². The Balaban J connectivity index is 1.81. The average molecular weight is 262 g/mol. The summed E-state index contributed by atoms with van der Waals surface area (Å²) in [6, 6.07) is 0.488. The molecule has 0 radical (unpaired) electrons. The number of hydrogen-bond acceptors (Lipinski definition) is 5. The van der Waals surface area contributed by atoms with Crippen LogP contribution in [0.5, 0.6) is 0 Å². The van der Waals surface area contributed by atoms with Gasteiger partial charge in [-0.2, -0.15) is 0 Å². The maximum atomic E-state index is 5.91. The van der Waals surface area contributed by atoms with Gasteiger partial charge >= 0.3 is 0 Å². The van der Waals surface area contributed by atoms with Gasteiger partial charge in [-0.05, 0) is 19.9 Å². The largest absolute Gasteiger partial charge is 0.374 e. The van der Waals surface area contributed by atoms with Crippen molar-refractivity contribution in [1.82, 2.24) is 15.3 Å². The second kappa shape index (κ2) is 5.84. The van der Waals surface area contributed by atoms with Gasteiger partial charge in [0.05, 0.1) is 30.6 Å². The van der Waals surface area contributed by atoms with E-state index in [1.165, 1.54) is 25.7 Å². The lowest BCUT2D eigenvalue weighted by Gasteiger charge is -2.44. The molecule has 0 bridgehead atoms. The predicted molar refractivity (Wildman–Crippen MR) is 74.1 cm³/mol. The fourth-order valence-electron chi connectivity index (χ4n) is 3.18. The smallest absolute Gasteiger partial charge is 0.147 e. The Morgan fingerprint density at radius 1 is 1.37 bits per heavy atom. The Morgan fingerprint density at radius 3 is 3.16 bits per heavy atom. The summed E-state index contributed by atoms with van der Waals surface area (Å²) < 4.78 is 5.91. The van der Waals surface area contributed by atoms with Crippen LogP contribution in [0.15, 0.2) is 12.4 Å². The Bertz CT molecular complexity index is 424. The van der Waals surface area contributed by atoms with Crippen molar-refractivity contribution in [2.24, 2.45) is 0 Å². The van der Waals surface area contributed by atoms with Crippen LogP contribution in [-0.4, -0.2) is 42.3 Å². The number of fused-ring (bicyclic) bond motifs is 1. The van der Waals surface area contributed by atoms with Crippen molar-refractivity contribution in [1.29, 1.82) is 0 Å². The van der Waals surface area contributed by atoms with Gasteiger partial charge in [-0.3, -0.25) is 4.98 Å². The zero-order valence-electron chi connectivity index (χ0n) is 11.5. The van der Waals surface area contributed by atoms with Crippen molar-refractivity contribution >= 4 is 5.82 Å². The van der Waals surface area contributed by atoms with Gasteiger partial charge in [0.1, 0.15) is 5.82 Å². The molecule has 5 nitrogen and oxygen atoms in total. The number of hydrogen-bond donors (Lipinski definition) is 1. The summed E-state index contributed by atoms with van der Waals surface area (Å²) in [7, 11) is 1.93. The molecule has 5 heteroatoms. The van der Waals surface area contributed by atoms with E-state index in [1.54, 1.807) is 0 Å². The number of aromatic nitrogens is 2. The molecule has 1 aliphatic heterocycles. The normalized spacial score (nSPS) is 27.1. The molecule has 2 heterocycles. The van der Waals surface area contributed by atoms with Gasteiger partial charge in [0, 0.05) is 19.3 Å². The molecule has 1 aliphatic carbocycles. The molecule has 1 N–H and O–H groups in total. The van der Waals surface area contributed by atoms with E-state index in [9.17, 15) is 0 Å².